The van der Waals surface area contributed by atoms with Gasteiger partial charge >= 0.3 is 12.1 Å². The molecule has 0 saturated heterocycles. The number of carboxylic acid groups (broad SMARTS) is 1. The third kappa shape index (κ3) is 4.92. The Morgan fingerprint density at radius 1 is 1.19 bits per heavy atom. The van der Waals surface area contributed by atoms with Gasteiger partial charge in [-0.05, 0) is 28.0 Å². The average molecular weight is 305 g/mol. The van der Waals surface area contributed by atoms with E-state index >= 15 is 0 Å². The van der Waals surface area contributed by atoms with Gasteiger partial charge in [0.1, 0.15) is 12.6 Å². The number of carbonyl (C=O) groups excluding carboxylic acids is 1. The van der Waals surface area contributed by atoms with E-state index in [0.717, 1.165) is 11.1 Å². The van der Waals surface area contributed by atoms with E-state index in [4.69, 9.17) is 9.84 Å². The summed E-state index contributed by atoms with van der Waals surface area (Å²) < 4.78 is 5.02. The summed E-state index contributed by atoms with van der Waals surface area (Å²) in [4.78, 5) is 22.8. The molecule has 0 saturated carbocycles. The van der Waals surface area contributed by atoms with E-state index in [1.807, 2.05) is 47.2 Å². The number of hydrogen-bond donors (Lipinski definition) is 2. The van der Waals surface area contributed by atoms with E-state index in [0.29, 0.717) is 0 Å². The van der Waals surface area contributed by atoms with Crippen LogP contribution in [0.4, 0.5) is 4.79 Å². The van der Waals surface area contributed by atoms with Gasteiger partial charge < -0.3 is 15.2 Å². The second-order valence-electron chi connectivity index (χ2n) is 4.43. The number of aliphatic carboxylic acids is 1. The second kappa shape index (κ2) is 7.44. The van der Waals surface area contributed by atoms with E-state index in [9.17, 15) is 9.59 Å². The quantitative estimate of drug-likeness (QED) is 0.860. The molecule has 1 aromatic carbocycles. The fourth-order valence-corrected chi connectivity index (χ4v) is 2.43. The minimum atomic E-state index is -1.09. The van der Waals surface area contributed by atoms with Crippen molar-refractivity contribution in [3.05, 3.63) is 58.3 Å². The lowest BCUT2D eigenvalue weighted by atomic mass is 10.1. The van der Waals surface area contributed by atoms with Gasteiger partial charge in [-0.1, -0.05) is 30.3 Å². The first-order chi connectivity index (χ1) is 10.1. The van der Waals surface area contributed by atoms with Crippen molar-refractivity contribution in [2.45, 2.75) is 19.1 Å². The first-order valence-electron chi connectivity index (χ1n) is 6.36. The van der Waals surface area contributed by atoms with Crippen molar-refractivity contribution in [3.63, 3.8) is 0 Å². The smallest absolute Gasteiger partial charge is 0.408 e. The van der Waals surface area contributed by atoms with Gasteiger partial charge in [0.2, 0.25) is 0 Å². The molecule has 2 rings (SSSR count). The van der Waals surface area contributed by atoms with E-state index in [-0.39, 0.29) is 13.0 Å². The fourth-order valence-electron chi connectivity index (χ4n) is 1.75. The molecule has 1 atom stereocenters. The van der Waals surface area contributed by atoms with E-state index < -0.39 is 18.1 Å². The predicted molar refractivity (Wildman–Crippen MR) is 79.2 cm³/mol. The molecule has 1 amide bonds. The Labute approximate surface area is 126 Å². The molecule has 1 aromatic heterocycles. The molecule has 0 spiro atoms. The van der Waals surface area contributed by atoms with Gasteiger partial charge in [0, 0.05) is 6.42 Å². The van der Waals surface area contributed by atoms with Crippen molar-refractivity contribution < 1.29 is 19.4 Å². The minimum absolute atomic E-state index is 0.109. The molecular weight excluding hydrogens is 290 g/mol. The number of ether oxygens (including phenoxy) is 1. The molecule has 6 heteroatoms. The zero-order chi connectivity index (χ0) is 15.1. The van der Waals surface area contributed by atoms with Crippen LogP contribution in [0.15, 0.2) is 47.2 Å². The van der Waals surface area contributed by atoms with E-state index in [2.05, 4.69) is 5.32 Å². The van der Waals surface area contributed by atoms with Crippen LogP contribution < -0.4 is 5.32 Å². The normalized spacial score (nSPS) is 11.6. The summed E-state index contributed by atoms with van der Waals surface area (Å²) >= 11 is 1.48. The van der Waals surface area contributed by atoms with Crippen LogP contribution in [-0.2, 0) is 22.6 Å². The number of hydrogen-bond acceptors (Lipinski definition) is 4. The lowest BCUT2D eigenvalue weighted by Gasteiger charge is -2.14. The first kappa shape index (κ1) is 15.1. The molecule has 0 aliphatic rings. The maximum atomic E-state index is 11.7. The van der Waals surface area contributed by atoms with Gasteiger partial charge in [-0.15, -0.1) is 0 Å². The van der Waals surface area contributed by atoms with Crippen LogP contribution in [0.25, 0.3) is 0 Å². The molecule has 2 N–H and O–H groups in total. The van der Waals surface area contributed by atoms with Crippen molar-refractivity contribution in [2.24, 2.45) is 0 Å². The van der Waals surface area contributed by atoms with Gasteiger partial charge in [-0.3, -0.25) is 0 Å². The van der Waals surface area contributed by atoms with Crippen LogP contribution >= 0.6 is 11.3 Å². The van der Waals surface area contributed by atoms with Crippen molar-refractivity contribution in [3.8, 4) is 0 Å². The maximum Gasteiger partial charge on any atom is 0.408 e. The molecule has 0 radical (unpaired) electrons. The van der Waals surface area contributed by atoms with Crippen molar-refractivity contribution in [1.29, 1.82) is 0 Å². The SMILES string of the molecule is O=C(NC(Cc1ccsc1)C(=O)O)OCc1ccccc1. The molecule has 1 heterocycles. The Hall–Kier alpha value is -2.34. The van der Waals surface area contributed by atoms with Crippen LogP contribution in [0, 0.1) is 0 Å². The minimum Gasteiger partial charge on any atom is -0.480 e. The molecule has 21 heavy (non-hydrogen) atoms. The largest absolute Gasteiger partial charge is 0.480 e. The first-order valence-corrected chi connectivity index (χ1v) is 7.30. The molecule has 0 aliphatic carbocycles. The summed E-state index contributed by atoms with van der Waals surface area (Å²) in [5, 5.41) is 15.2. The highest BCUT2D eigenvalue weighted by molar-refractivity contribution is 7.07. The molecule has 2 aromatic rings. The Morgan fingerprint density at radius 2 is 1.95 bits per heavy atom. The molecule has 5 nitrogen and oxygen atoms in total. The standard InChI is InChI=1S/C15H15NO4S/c17-14(18)13(8-12-6-7-21-10-12)16-15(19)20-9-11-4-2-1-3-5-11/h1-7,10,13H,8-9H2,(H,16,19)(H,17,18). The lowest BCUT2D eigenvalue weighted by Crippen LogP contribution is -2.42. The highest BCUT2D eigenvalue weighted by Crippen LogP contribution is 2.09. The number of alkyl carbamates (subject to hydrolysis) is 1. The van der Waals surface area contributed by atoms with Gasteiger partial charge in [0.05, 0.1) is 0 Å². The second-order valence-corrected chi connectivity index (χ2v) is 5.21. The van der Waals surface area contributed by atoms with Crippen molar-refractivity contribution in [2.75, 3.05) is 0 Å². The monoisotopic (exact) mass is 305 g/mol. The van der Waals surface area contributed by atoms with Gasteiger partial charge in [0.25, 0.3) is 0 Å². The Bertz CT molecular complexity index is 583. The molecule has 0 bridgehead atoms. The number of carbonyl (C=O) groups is 2. The number of rotatable bonds is 6. The van der Waals surface area contributed by atoms with E-state index in [1.54, 1.807) is 0 Å². The highest BCUT2D eigenvalue weighted by Gasteiger charge is 2.21. The Balaban J connectivity index is 1.85. The zero-order valence-electron chi connectivity index (χ0n) is 11.2. The molecular formula is C15H15NO4S. The molecule has 0 aliphatic heterocycles. The summed E-state index contributed by atoms with van der Waals surface area (Å²) in [6, 6.07) is 10.0. The molecule has 1 unspecified atom stereocenters. The molecule has 110 valence electrons. The van der Waals surface area contributed by atoms with Crippen molar-refractivity contribution >= 4 is 23.4 Å². The van der Waals surface area contributed by atoms with E-state index in [1.165, 1.54) is 11.3 Å². The van der Waals surface area contributed by atoms with Gasteiger partial charge in [-0.25, -0.2) is 9.59 Å². The predicted octanol–water partition coefficient (Wildman–Crippen LogP) is 2.67. The summed E-state index contributed by atoms with van der Waals surface area (Å²) in [6.07, 6.45) is -0.499. The van der Waals surface area contributed by atoms with Crippen LogP contribution in [0.1, 0.15) is 11.1 Å². The Kier molecular flexibility index (Phi) is 5.34. The number of benzene rings is 1. The third-order valence-electron chi connectivity index (χ3n) is 2.82. The molecule has 0 fully saturated rings. The number of carboxylic acids is 1. The topological polar surface area (TPSA) is 75.6 Å². The number of amides is 1. The van der Waals surface area contributed by atoms with Crippen molar-refractivity contribution in [1.82, 2.24) is 5.32 Å². The zero-order valence-corrected chi connectivity index (χ0v) is 12.0. The van der Waals surface area contributed by atoms with Crippen LogP contribution in [0.2, 0.25) is 0 Å². The average Bonchev–Trinajstić information content (AvgIpc) is 2.98. The van der Waals surface area contributed by atoms with Gasteiger partial charge in [0.15, 0.2) is 0 Å². The number of thiophene rings is 1. The van der Waals surface area contributed by atoms with Crippen LogP contribution in [0.3, 0.4) is 0 Å². The Morgan fingerprint density at radius 3 is 2.57 bits per heavy atom. The van der Waals surface area contributed by atoms with Crippen LogP contribution in [-0.4, -0.2) is 23.2 Å². The number of nitrogens with one attached hydrogen (secondary N) is 1. The third-order valence-corrected chi connectivity index (χ3v) is 3.55. The summed E-state index contributed by atoms with van der Waals surface area (Å²) in [5.41, 5.74) is 1.72. The fraction of sp³-hybridized carbons (Fsp3) is 0.200. The lowest BCUT2D eigenvalue weighted by molar-refractivity contribution is -0.139. The summed E-state index contributed by atoms with van der Waals surface area (Å²) in [7, 11) is 0. The highest BCUT2D eigenvalue weighted by atomic mass is 32.1. The summed E-state index contributed by atoms with van der Waals surface area (Å²) in [6.45, 7) is 0.109. The van der Waals surface area contributed by atoms with Crippen LogP contribution in [0.5, 0.6) is 0 Å². The maximum absolute atomic E-state index is 11.7. The van der Waals surface area contributed by atoms with Gasteiger partial charge in [-0.2, -0.15) is 11.3 Å². The summed E-state index contributed by atoms with van der Waals surface area (Å²) in [5.74, 6) is -1.09.